The van der Waals surface area contributed by atoms with Crippen LogP contribution in [0.5, 0.6) is 0 Å². The van der Waals surface area contributed by atoms with Crippen LogP contribution in [0.25, 0.3) is 114 Å². The van der Waals surface area contributed by atoms with Crippen LogP contribution in [0.2, 0.25) is 0 Å². The molecule has 0 aliphatic carbocycles. The molecule has 12 aromatic rings. The standard InChI is InChI=1S/C54H33N3S/c1-4-14-34(15-5-1)35-24-26-36(27-25-35)39-28-31-49-45(32-39)44-29-30-48-51(53(44)58-49)50-42-22-12-10-20-40(42)41-21-11-13-23-43(41)52(50)57(48)54-55-46(37-16-6-2-7-17-37)33-47(56-54)38-18-8-3-9-19-38/h1-33H. The van der Waals surface area contributed by atoms with Gasteiger partial charge in [-0.25, -0.2) is 9.97 Å². The molecule has 0 radical (unpaired) electrons. The number of hydrogen-bond acceptors (Lipinski definition) is 3. The summed E-state index contributed by atoms with van der Waals surface area (Å²) in [7, 11) is 0. The summed E-state index contributed by atoms with van der Waals surface area (Å²) < 4.78 is 4.88. The molecule has 12 rings (SSSR count). The molecule has 58 heavy (non-hydrogen) atoms. The molecular formula is C54H33N3S. The first-order valence-electron chi connectivity index (χ1n) is 19.7. The van der Waals surface area contributed by atoms with Crippen LogP contribution in [-0.4, -0.2) is 14.5 Å². The number of hydrogen-bond donors (Lipinski definition) is 0. The molecular weight excluding hydrogens is 723 g/mol. The van der Waals surface area contributed by atoms with Crippen LogP contribution in [-0.2, 0) is 0 Å². The Morgan fingerprint density at radius 1 is 0.345 bits per heavy atom. The van der Waals surface area contributed by atoms with E-state index in [-0.39, 0.29) is 0 Å². The lowest BCUT2D eigenvalue weighted by Gasteiger charge is -2.13. The van der Waals surface area contributed by atoms with Crippen LogP contribution < -0.4 is 0 Å². The summed E-state index contributed by atoms with van der Waals surface area (Å²) in [6.45, 7) is 0. The van der Waals surface area contributed by atoms with Crippen molar-refractivity contribution in [2.75, 3.05) is 0 Å². The van der Waals surface area contributed by atoms with Gasteiger partial charge in [0, 0.05) is 47.5 Å². The van der Waals surface area contributed by atoms with Crippen molar-refractivity contribution in [2.45, 2.75) is 0 Å². The van der Waals surface area contributed by atoms with Gasteiger partial charge in [0.2, 0.25) is 5.95 Å². The maximum absolute atomic E-state index is 5.41. The smallest absolute Gasteiger partial charge is 0.235 e. The lowest BCUT2D eigenvalue weighted by molar-refractivity contribution is 0.998. The van der Waals surface area contributed by atoms with Gasteiger partial charge in [-0.2, -0.15) is 0 Å². The highest BCUT2D eigenvalue weighted by molar-refractivity contribution is 7.26. The summed E-state index contributed by atoms with van der Waals surface area (Å²) in [5.41, 5.74) is 11.0. The van der Waals surface area contributed by atoms with Crippen molar-refractivity contribution in [1.82, 2.24) is 14.5 Å². The molecule has 0 amide bonds. The quantitative estimate of drug-likeness (QED) is 0.164. The molecule has 0 saturated heterocycles. The molecule has 0 fully saturated rings. The summed E-state index contributed by atoms with van der Waals surface area (Å²) in [6, 6.07) is 71.8. The third-order valence-corrected chi connectivity index (χ3v) is 12.8. The second kappa shape index (κ2) is 13.1. The van der Waals surface area contributed by atoms with Gasteiger partial charge in [-0.05, 0) is 62.7 Å². The molecule has 3 heterocycles. The number of benzene rings is 9. The molecule has 0 aliphatic rings. The Morgan fingerprint density at radius 3 is 1.48 bits per heavy atom. The van der Waals surface area contributed by atoms with E-state index in [0.717, 1.165) is 33.5 Å². The van der Waals surface area contributed by atoms with Crippen LogP contribution in [0, 0.1) is 0 Å². The molecule has 3 nitrogen and oxygen atoms in total. The minimum atomic E-state index is 0.655. The van der Waals surface area contributed by atoms with Crippen LogP contribution in [0.15, 0.2) is 200 Å². The zero-order chi connectivity index (χ0) is 38.2. The summed E-state index contributed by atoms with van der Waals surface area (Å²) in [6.07, 6.45) is 0. The number of fused-ring (bicyclic) bond motifs is 12. The maximum atomic E-state index is 5.41. The first-order valence-corrected chi connectivity index (χ1v) is 20.5. The average Bonchev–Trinajstić information content (AvgIpc) is 3.86. The minimum absolute atomic E-state index is 0.655. The highest BCUT2D eigenvalue weighted by Gasteiger charge is 2.24. The molecule has 0 bridgehead atoms. The van der Waals surface area contributed by atoms with E-state index in [4.69, 9.17) is 9.97 Å². The molecule has 0 saturated carbocycles. The third-order valence-electron chi connectivity index (χ3n) is 11.6. The van der Waals surface area contributed by atoms with Gasteiger partial charge < -0.3 is 0 Å². The van der Waals surface area contributed by atoms with Crippen molar-refractivity contribution >= 4 is 74.9 Å². The first kappa shape index (κ1) is 32.8. The van der Waals surface area contributed by atoms with Gasteiger partial charge in [-0.15, -0.1) is 11.3 Å². The van der Waals surface area contributed by atoms with Crippen molar-refractivity contribution in [2.24, 2.45) is 0 Å². The maximum Gasteiger partial charge on any atom is 0.235 e. The molecule has 4 heteroatoms. The number of aromatic nitrogens is 3. The molecule has 270 valence electrons. The van der Waals surface area contributed by atoms with E-state index < -0.39 is 0 Å². The summed E-state index contributed by atoms with van der Waals surface area (Å²) in [5.74, 6) is 0.655. The van der Waals surface area contributed by atoms with E-state index >= 15 is 0 Å². The van der Waals surface area contributed by atoms with E-state index in [0.29, 0.717) is 5.95 Å². The fraction of sp³-hybridized carbons (Fsp3) is 0. The Labute approximate surface area is 338 Å². The van der Waals surface area contributed by atoms with Crippen LogP contribution in [0.1, 0.15) is 0 Å². The largest absolute Gasteiger partial charge is 0.277 e. The molecule has 9 aromatic carbocycles. The van der Waals surface area contributed by atoms with Crippen molar-refractivity contribution in [3.8, 4) is 50.7 Å². The molecule has 0 aliphatic heterocycles. The van der Waals surface area contributed by atoms with Crippen molar-refractivity contribution in [1.29, 1.82) is 0 Å². The fourth-order valence-corrected chi connectivity index (χ4v) is 10.1. The topological polar surface area (TPSA) is 30.7 Å². The highest BCUT2D eigenvalue weighted by atomic mass is 32.1. The van der Waals surface area contributed by atoms with E-state index in [2.05, 4.69) is 205 Å². The Hall–Kier alpha value is -7.40. The molecule has 0 unspecified atom stereocenters. The molecule has 3 aromatic heterocycles. The van der Waals surface area contributed by atoms with Gasteiger partial charge in [0.05, 0.1) is 22.4 Å². The van der Waals surface area contributed by atoms with Crippen LogP contribution in [0.4, 0.5) is 0 Å². The Kier molecular flexibility index (Phi) is 7.40. The van der Waals surface area contributed by atoms with E-state index in [1.165, 1.54) is 74.7 Å². The van der Waals surface area contributed by atoms with Gasteiger partial charge in [-0.1, -0.05) is 176 Å². The lowest BCUT2D eigenvalue weighted by atomic mass is 9.96. The SMILES string of the molecule is c1ccc(-c2ccc(-c3ccc4sc5c(ccc6c5c5c7ccccc7c7ccccc7c5n6-c5nc(-c6ccccc6)cc(-c6ccccc6)n5)c4c3)cc2)cc1. The fourth-order valence-electron chi connectivity index (χ4n) is 8.91. The molecule has 0 spiro atoms. The zero-order valence-electron chi connectivity index (χ0n) is 31.3. The minimum Gasteiger partial charge on any atom is -0.277 e. The van der Waals surface area contributed by atoms with E-state index in [1.54, 1.807) is 0 Å². The third kappa shape index (κ3) is 5.12. The van der Waals surface area contributed by atoms with Gasteiger partial charge in [0.25, 0.3) is 0 Å². The summed E-state index contributed by atoms with van der Waals surface area (Å²) >= 11 is 1.88. The Morgan fingerprint density at radius 2 is 0.845 bits per heavy atom. The average molecular weight is 756 g/mol. The Bertz CT molecular complexity index is 3470. The van der Waals surface area contributed by atoms with Crippen LogP contribution >= 0.6 is 11.3 Å². The zero-order valence-corrected chi connectivity index (χ0v) is 32.1. The Balaban J connectivity index is 1.16. The predicted octanol–water partition coefficient (Wildman–Crippen LogP) is 14.9. The van der Waals surface area contributed by atoms with E-state index in [1.807, 2.05) is 11.3 Å². The predicted molar refractivity (Wildman–Crippen MR) is 246 cm³/mol. The molecule has 0 atom stereocenters. The second-order valence-corrected chi connectivity index (χ2v) is 16.0. The second-order valence-electron chi connectivity index (χ2n) is 14.9. The summed E-state index contributed by atoms with van der Waals surface area (Å²) in [5, 5.41) is 9.86. The highest BCUT2D eigenvalue weighted by Crippen LogP contribution is 2.48. The van der Waals surface area contributed by atoms with Crippen LogP contribution in [0.3, 0.4) is 0 Å². The monoisotopic (exact) mass is 755 g/mol. The number of rotatable bonds is 5. The lowest BCUT2D eigenvalue weighted by Crippen LogP contribution is -2.04. The summed E-state index contributed by atoms with van der Waals surface area (Å²) in [4.78, 5) is 10.8. The molecule has 0 N–H and O–H groups in total. The van der Waals surface area contributed by atoms with Gasteiger partial charge in [0.15, 0.2) is 0 Å². The van der Waals surface area contributed by atoms with Crippen molar-refractivity contribution in [3.05, 3.63) is 200 Å². The normalized spacial score (nSPS) is 11.8. The first-order chi connectivity index (χ1) is 28.8. The van der Waals surface area contributed by atoms with Gasteiger partial charge in [0.1, 0.15) is 0 Å². The number of thiophene rings is 1. The van der Waals surface area contributed by atoms with Gasteiger partial charge in [-0.3, -0.25) is 4.57 Å². The van der Waals surface area contributed by atoms with Crippen molar-refractivity contribution in [3.63, 3.8) is 0 Å². The van der Waals surface area contributed by atoms with Gasteiger partial charge >= 0.3 is 0 Å². The van der Waals surface area contributed by atoms with Crippen molar-refractivity contribution < 1.29 is 0 Å². The van der Waals surface area contributed by atoms with E-state index in [9.17, 15) is 0 Å². The number of nitrogens with zero attached hydrogens (tertiary/aromatic N) is 3.